The Morgan fingerprint density at radius 2 is 1.29 bits per heavy atom. The smallest absolute Gasteiger partial charge is 0.0798 e. The average Bonchev–Trinajstić information content (AvgIpc) is 3.17. The van der Waals surface area contributed by atoms with Gasteiger partial charge in [-0.05, 0) is 26.7 Å². The molecule has 1 saturated heterocycles. The molecule has 0 unspecified atom stereocenters. The van der Waals surface area contributed by atoms with Gasteiger partial charge in [-0.15, -0.1) is 22.7 Å². The van der Waals surface area contributed by atoms with E-state index < -0.39 is 0 Å². The van der Waals surface area contributed by atoms with Gasteiger partial charge in [-0.3, -0.25) is 9.80 Å². The molecular weight excluding hydrogens is 336 g/mol. The van der Waals surface area contributed by atoms with Gasteiger partial charge in [0.1, 0.15) is 0 Å². The van der Waals surface area contributed by atoms with E-state index in [1.54, 1.807) is 22.7 Å². The quantitative estimate of drug-likeness (QED) is 0.773. The zero-order valence-corrected chi connectivity index (χ0v) is 16.8. The van der Waals surface area contributed by atoms with Crippen LogP contribution in [-0.4, -0.2) is 44.9 Å². The van der Waals surface area contributed by atoms with E-state index in [0.29, 0.717) is 12.1 Å². The lowest BCUT2D eigenvalue weighted by molar-refractivity contribution is 0.0159. The third-order valence-corrected chi connectivity index (χ3v) is 7.09. The zero-order valence-electron chi connectivity index (χ0n) is 15.2. The number of aryl methyl sites for hydroxylation is 2. The molecule has 0 aromatic carbocycles. The number of piperazine rings is 1. The summed E-state index contributed by atoms with van der Waals surface area (Å²) in [6.45, 7) is 13.3. The molecule has 2 aromatic rings. The molecule has 132 valence electrons. The Kier molecular flexibility index (Phi) is 6.02. The molecule has 2 aromatic heterocycles. The van der Waals surface area contributed by atoms with Gasteiger partial charge in [-0.1, -0.05) is 13.8 Å². The summed E-state index contributed by atoms with van der Waals surface area (Å²) in [6.07, 6.45) is 2.40. The summed E-state index contributed by atoms with van der Waals surface area (Å²) >= 11 is 3.60. The van der Waals surface area contributed by atoms with E-state index in [1.807, 2.05) is 11.0 Å². The van der Waals surface area contributed by atoms with Crippen LogP contribution in [0.5, 0.6) is 0 Å². The number of rotatable bonds is 6. The molecule has 3 heterocycles. The minimum atomic E-state index is 0.627. The first kappa shape index (κ1) is 18.0. The predicted octanol–water partition coefficient (Wildman–Crippen LogP) is 4.09. The molecule has 0 bridgehead atoms. The van der Waals surface area contributed by atoms with Crippen molar-refractivity contribution in [2.24, 2.45) is 0 Å². The Morgan fingerprint density at radius 1 is 0.875 bits per heavy atom. The topological polar surface area (TPSA) is 32.3 Å². The third kappa shape index (κ3) is 3.87. The van der Waals surface area contributed by atoms with Gasteiger partial charge in [-0.2, -0.15) is 0 Å². The maximum absolute atomic E-state index is 4.42. The molecule has 4 nitrogen and oxygen atoms in total. The molecule has 2 atom stereocenters. The number of thiazole rings is 2. The Hall–Kier alpha value is -0.820. The first-order valence-electron chi connectivity index (χ1n) is 8.88. The summed E-state index contributed by atoms with van der Waals surface area (Å²) in [6, 6.07) is 1.25. The van der Waals surface area contributed by atoms with Gasteiger partial charge < -0.3 is 0 Å². The Balaban J connectivity index is 1.72. The van der Waals surface area contributed by atoms with Crippen molar-refractivity contribution in [2.75, 3.05) is 13.1 Å². The second-order valence-electron chi connectivity index (χ2n) is 6.70. The molecule has 0 radical (unpaired) electrons. The molecule has 6 heteroatoms. The minimum Gasteiger partial charge on any atom is -0.292 e. The fourth-order valence-corrected chi connectivity index (χ4v) is 5.16. The highest BCUT2D eigenvalue weighted by atomic mass is 32.1. The van der Waals surface area contributed by atoms with Crippen LogP contribution in [0.3, 0.4) is 0 Å². The normalized spacial score (nSPS) is 23.0. The third-order valence-electron chi connectivity index (χ3n) is 5.25. The van der Waals surface area contributed by atoms with Crippen molar-refractivity contribution in [2.45, 2.75) is 65.7 Å². The summed E-state index contributed by atoms with van der Waals surface area (Å²) in [5, 5.41) is 0. The van der Waals surface area contributed by atoms with Gasteiger partial charge in [0.15, 0.2) is 0 Å². The number of hydrogen-bond acceptors (Lipinski definition) is 6. The van der Waals surface area contributed by atoms with E-state index in [4.69, 9.17) is 0 Å². The highest BCUT2D eigenvalue weighted by Crippen LogP contribution is 2.26. The van der Waals surface area contributed by atoms with Crippen LogP contribution in [0.2, 0.25) is 0 Å². The van der Waals surface area contributed by atoms with Crippen LogP contribution in [0.4, 0.5) is 0 Å². The van der Waals surface area contributed by atoms with E-state index in [1.165, 1.54) is 34.0 Å². The minimum absolute atomic E-state index is 0.627. The Bertz CT molecular complexity index is 595. The molecule has 0 N–H and O–H groups in total. The van der Waals surface area contributed by atoms with Gasteiger partial charge in [0.2, 0.25) is 0 Å². The molecule has 24 heavy (non-hydrogen) atoms. The fraction of sp³-hybridized carbons (Fsp3) is 0.667. The van der Waals surface area contributed by atoms with Gasteiger partial charge in [0.05, 0.1) is 22.4 Å². The van der Waals surface area contributed by atoms with Crippen molar-refractivity contribution in [1.82, 2.24) is 19.8 Å². The van der Waals surface area contributed by atoms with Gasteiger partial charge >= 0.3 is 0 Å². The lowest BCUT2D eigenvalue weighted by Gasteiger charge is -2.46. The predicted molar refractivity (Wildman–Crippen MR) is 103 cm³/mol. The second kappa shape index (κ2) is 8.04. The summed E-state index contributed by atoms with van der Waals surface area (Å²) in [5.74, 6) is 0. The molecule has 0 spiro atoms. The zero-order chi connectivity index (χ0) is 17.1. The number of nitrogens with zero attached hydrogens (tertiary/aromatic N) is 4. The molecule has 1 aliphatic heterocycles. The lowest BCUT2D eigenvalue weighted by Crippen LogP contribution is -2.57. The van der Waals surface area contributed by atoms with Gasteiger partial charge in [0.25, 0.3) is 0 Å². The van der Waals surface area contributed by atoms with Crippen molar-refractivity contribution in [3.63, 3.8) is 0 Å². The molecule has 0 amide bonds. The molecule has 3 rings (SSSR count). The molecule has 0 saturated carbocycles. The summed E-state index contributed by atoms with van der Waals surface area (Å²) in [5.41, 5.74) is 6.36. The standard InChI is InChI=1S/C18H28N4S2/c1-5-15-7-22(10-18-14(4)20-12-24-18)16(6-2)8-21(15)9-17-13(3)19-11-23-17/h11-12,15-16H,5-10H2,1-4H3/t15-,16+. The molecule has 1 fully saturated rings. The van der Waals surface area contributed by atoms with E-state index in [-0.39, 0.29) is 0 Å². The van der Waals surface area contributed by atoms with Gasteiger partial charge in [0, 0.05) is 48.0 Å². The van der Waals surface area contributed by atoms with Crippen LogP contribution in [0, 0.1) is 13.8 Å². The van der Waals surface area contributed by atoms with Crippen LogP contribution >= 0.6 is 22.7 Å². The summed E-state index contributed by atoms with van der Waals surface area (Å²) in [4.78, 5) is 17.1. The summed E-state index contributed by atoms with van der Waals surface area (Å²) in [7, 11) is 0. The van der Waals surface area contributed by atoms with E-state index in [9.17, 15) is 0 Å². The van der Waals surface area contributed by atoms with Crippen LogP contribution in [-0.2, 0) is 13.1 Å². The molecular formula is C18H28N4S2. The largest absolute Gasteiger partial charge is 0.292 e. The Labute approximate surface area is 153 Å². The number of hydrogen-bond donors (Lipinski definition) is 0. The van der Waals surface area contributed by atoms with E-state index >= 15 is 0 Å². The maximum Gasteiger partial charge on any atom is 0.0798 e. The highest BCUT2D eigenvalue weighted by molar-refractivity contribution is 7.10. The second-order valence-corrected chi connectivity index (χ2v) is 8.58. The molecule has 0 aliphatic carbocycles. The van der Waals surface area contributed by atoms with Crippen molar-refractivity contribution in [3.05, 3.63) is 32.2 Å². The van der Waals surface area contributed by atoms with E-state index in [0.717, 1.165) is 26.2 Å². The highest BCUT2D eigenvalue weighted by Gasteiger charge is 2.32. The van der Waals surface area contributed by atoms with Crippen LogP contribution in [0.25, 0.3) is 0 Å². The first-order valence-corrected chi connectivity index (χ1v) is 10.6. The number of aromatic nitrogens is 2. The van der Waals surface area contributed by atoms with Crippen LogP contribution in [0.15, 0.2) is 11.0 Å². The maximum atomic E-state index is 4.42. The first-order chi connectivity index (χ1) is 11.6. The van der Waals surface area contributed by atoms with Crippen LogP contribution in [0.1, 0.15) is 47.8 Å². The lowest BCUT2D eigenvalue weighted by atomic mass is 10.0. The monoisotopic (exact) mass is 364 g/mol. The summed E-state index contributed by atoms with van der Waals surface area (Å²) < 4.78 is 0. The van der Waals surface area contributed by atoms with Crippen molar-refractivity contribution in [1.29, 1.82) is 0 Å². The van der Waals surface area contributed by atoms with E-state index in [2.05, 4.69) is 47.5 Å². The van der Waals surface area contributed by atoms with Crippen molar-refractivity contribution in [3.8, 4) is 0 Å². The van der Waals surface area contributed by atoms with Crippen LogP contribution < -0.4 is 0 Å². The average molecular weight is 365 g/mol. The van der Waals surface area contributed by atoms with Crippen molar-refractivity contribution < 1.29 is 0 Å². The molecule has 1 aliphatic rings. The Morgan fingerprint density at radius 3 is 1.58 bits per heavy atom. The van der Waals surface area contributed by atoms with Crippen molar-refractivity contribution >= 4 is 22.7 Å². The SMILES string of the molecule is CC[C@@H]1CN(Cc2scnc2C)[C@@H](CC)CN1Cc1scnc1C. The fourth-order valence-electron chi connectivity index (χ4n) is 3.56. The van der Waals surface area contributed by atoms with Gasteiger partial charge in [-0.25, -0.2) is 9.97 Å².